The second-order valence-electron chi connectivity index (χ2n) is 4.89. The molecule has 0 radical (unpaired) electrons. The topological polar surface area (TPSA) is 9.23 Å². The van der Waals surface area contributed by atoms with Crippen LogP contribution in [0.2, 0.25) is 0 Å². The maximum Gasteiger partial charge on any atom is 0.123 e. The van der Waals surface area contributed by atoms with Crippen LogP contribution in [-0.4, -0.2) is 6.61 Å². The summed E-state index contributed by atoms with van der Waals surface area (Å²) >= 11 is 3.59. The highest BCUT2D eigenvalue weighted by molar-refractivity contribution is 9.08. The molecule has 0 saturated carbocycles. The van der Waals surface area contributed by atoms with E-state index in [-0.39, 0.29) is 0 Å². The predicted octanol–water partition coefficient (Wildman–Crippen LogP) is 5.55. The zero-order valence-corrected chi connectivity index (χ0v) is 13.2. The van der Waals surface area contributed by atoms with Crippen molar-refractivity contribution in [3.63, 3.8) is 0 Å². The summed E-state index contributed by atoms with van der Waals surface area (Å²) in [5.41, 5.74) is 1.25. The van der Waals surface area contributed by atoms with Gasteiger partial charge in [0.2, 0.25) is 0 Å². The lowest BCUT2D eigenvalue weighted by molar-refractivity contribution is 0.239. The molecule has 2 heteroatoms. The molecular weight excluding hydrogens is 300 g/mol. The predicted molar refractivity (Wildman–Crippen MR) is 86.1 cm³/mol. The number of benzene rings is 2. The van der Waals surface area contributed by atoms with Gasteiger partial charge in [-0.1, -0.05) is 73.0 Å². The Morgan fingerprint density at radius 2 is 1.79 bits per heavy atom. The molecule has 19 heavy (non-hydrogen) atoms. The zero-order chi connectivity index (χ0) is 13.7. The highest BCUT2D eigenvalue weighted by Crippen LogP contribution is 2.30. The van der Waals surface area contributed by atoms with Crippen molar-refractivity contribution in [3.8, 4) is 5.75 Å². The highest BCUT2D eigenvalue weighted by Gasteiger charge is 2.10. The van der Waals surface area contributed by atoms with Crippen LogP contribution in [0.3, 0.4) is 0 Å². The molecule has 0 bridgehead atoms. The number of fused-ring (bicyclic) bond motifs is 1. The third-order valence-corrected chi connectivity index (χ3v) is 4.32. The fraction of sp³-hybridized carbons (Fsp3) is 0.412. The minimum atomic E-state index is 0.648. The fourth-order valence-corrected chi connectivity index (χ4v) is 2.90. The van der Waals surface area contributed by atoms with E-state index in [4.69, 9.17) is 4.74 Å². The molecule has 0 fully saturated rings. The lowest BCUT2D eigenvalue weighted by atomic mass is 10.0. The van der Waals surface area contributed by atoms with E-state index in [0.29, 0.717) is 5.92 Å². The van der Waals surface area contributed by atoms with Crippen molar-refractivity contribution in [2.75, 3.05) is 6.61 Å². The van der Waals surface area contributed by atoms with Crippen molar-refractivity contribution in [2.24, 2.45) is 5.92 Å². The van der Waals surface area contributed by atoms with Crippen molar-refractivity contribution in [1.29, 1.82) is 0 Å². The average Bonchev–Trinajstić information content (AvgIpc) is 2.47. The van der Waals surface area contributed by atoms with E-state index in [1.54, 1.807) is 0 Å². The Bertz CT molecular complexity index is 532. The summed E-state index contributed by atoms with van der Waals surface area (Å²) in [7, 11) is 0. The largest absolute Gasteiger partial charge is 0.493 e. The Kier molecular flexibility index (Phi) is 5.26. The molecule has 0 heterocycles. The van der Waals surface area contributed by atoms with Gasteiger partial charge in [-0.15, -0.1) is 0 Å². The van der Waals surface area contributed by atoms with E-state index in [9.17, 15) is 0 Å². The monoisotopic (exact) mass is 320 g/mol. The van der Waals surface area contributed by atoms with Gasteiger partial charge in [0.1, 0.15) is 5.75 Å². The van der Waals surface area contributed by atoms with E-state index in [2.05, 4.69) is 66.2 Å². The highest BCUT2D eigenvalue weighted by atomic mass is 79.9. The minimum Gasteiger partial charge on any atom is -0.493 e. The first-order chi connectivity index (χ1) is 9.30. The molecule has 0 spiro atoms. The van der Waals surface area contributed by atoms with Gasteiger partial charge in [0.25, 0.3) is 0 Å². The van der Waals surface area contributed by atoms with E-state index in [1.165, 1.54) is 29.2 Å². The van der Waals surface area contributed by atoms with Crippen molar-refractivity contribution in [3.05, 3.63) is 42.0 Å². The first-order valence-electron chi connectivity index (χ1n) is 6.99. The number of alkyl halides is 1. The zero-order valence-electron chi connectivity index (χ0n) is 11.7. The van der Waals surface area contributed by atoms with E-state index in [0.717, 1.165) is 17.7 Å². The van der Waals surface area contributed by atoms with Crippen LogP contribution >= 0.6 is 15.9 Å². The first-order valence-corrected chi connectivity index (χ1v) is 8.11. The fourth-order valence-electron chi connectivity index (χ4n) is 2.32. The van der Waals surface area contributed by atoms with Gasteiger partial charge in [0.15, 0.2) is 0 Å². The molecule has 0 N–H and O–H groups in total. The summed E-state index contributed by atoms with van der Waals surface area (Å²) in [6.45, 7) is 5.26. The molecule has 0 aliphatic heterocycles. The Morgan fingerprint density at radius 1 is 1.05 bits per heavy atom. The van der Waals surface area contributed by atoms with Crippen LogP contribution in [0.1, 0.15) is 32.3 Å². The maximum atomic E-state index is 6.05. The van der Waals surface area contributed by atoms with Crippen LogP contribution in [0.5, 0.6) is 5.75 Å². The standard InChI is InChI=1S/C17H21BrO/c1-3-13(4-2)12-19-17-10-9-14-7-5-6-8-15(14)16(17)11-18/h5-10,13H,3-4,11-12H2,1-2H3. The Balaban J connectivity index is 2.27. The van der Waals surface area contributed by atoms with Crippen molar-refractivity contribution in [2.45, 2.75) is 32.0 Å². The molecule has 0 unspecified atom stereocenters. The van der Waals surface area contributed by atoms with E-state index in [1.807, 2.05) is 0 Å². The summed E-state index contributed by atoms with van der Waals surface area (Å²) in [6.07, 6.45) is 2.35. The quantitative estimate of drug-likeness (QED) is 0.634. The van der Waals surface area contributed by atoms with Crippen molar-refractivity contribution < 1.29 is 4.74 Å². The van der Waals surface area contributed by atoms with Crippen LogP contribution < -0.4 is 4.74 Å². The molecular formula is C17H21BrO. The van der Waals surface area contributed by atoms with Gasteiger partial charge in [0.05, 0.1) is 6.61 Å². The molecule has 1 nitrogen and oxygen atoms in total. The molecule has 0 saturated heterocycles. The molecule has 102 valence electrons. The number of hydrogen-bond donors (Lipinski definition) is 0. The van der Waals surface area contributed by atoms with Gasteiger partial charge >= 0.3 is 0 Å². The van der Waals surface area contributed by atoms with Gasteiger partial charge in [-0.2, -0.15) is 0 Å². The summed E-state index contributed by atoms with van der Waals surface area (Å²) in [6, 6.07) is 12.7. The number of halogens is 1. The van der Waals surface area contributed by atoms with Crippen molar-refractivity contribution in [1.82, 2.24) is 0 Å². The molecule has 2 aromatic carbocycles. The SMILES string of the molecule is CCC(CC)COc1ccc2ccccc2c1CBr. The van der Waals surface area contributed by atoms with E-state index >= 15 is 0 Å². The lowest BCUT2D eigenvalue weighted by Crippen LogP contribution is -2.11. The summed E-state index contributed by atoms with van der Waals surface area (Å²) in [5.74, 6) is 1.66. The molecule has 0 aliphatic carbocycles. The van der Waals surface area contributed by atoms with Gasteiger partial charge in [-0.3, -0.25) is 0 Å². The second-order valence-corrected chi connectivity index (χ2v) is 5.45. The van der Waals surface area contributed by atoms with Crippen LogP contribution in [-0.2, 0) is 5.33 Å². The Labute approximate surface area is 124 Å². The van der Waals surface area contributed by atoms with Crippen LogP contribution in [0.25, 0.3) is 10.8 Å². The van der Waals surface area contributed by atoms with Gasteiger partial charge in [-0.25, -0.2) is 0 Å². The van der Waals surface area contributed by atoms with Gasteiger partial charge in [-0.05, 0) is 22.8 Å². The molecule has 0 atom stereocenters. The Morgan fingerprint density at radius 3 is 2.47 bits per heavy atom. The average molecular weight is 321 g/mol. The number of ether oxygens (including phenoxy) is 1. The maximum absolute atomic E-state index is 6.05. The third-order valence-electron chi connectivity index (χ3n) is 3.76. The Hall–Kier alpha value is -1.02. The molecule has 2 rings (SSSR count). The normalized spacial score (nSPS) is 11.2. The van der Waals surface area contributed by atoms with Gasteiger partial charge in [0, 0.05) is 10.9 Å². The second kappa shape index (κ2) is 6.95. The number of rotatable bonds is 6. The smallest absolute Gasteiger partial charge is 0.123 e. The van der Waals surface area contributed by atoms with Crippen LogP contribution in [0, 0.1) is 5.92 Å². The molecule has 2 aromatic rings. The summed E-state index contributed by atoms with van der Waals surface area (Å²) < 4.78 is 6.05. The van der Waals surface area contributed by atoms with Crippen LogP contribution in [0.4, 0.5) is 0 Å². The minimum absolute atomic E-state index is 0.648. The summed E-state index contributed by atoms with van der Waals surface area (Å²) in [5, 5.41) is 3.38. The van der Waals surface area contributed by atoms with Crippen LogP contribution in [0.15, 0.2) is 36.4 Å². The first kappa shape index (κ1) is 14.4. The molecule has 0 amide bonds. The van der Waals surface area contributed by atoms with Gasteiger partial charge < -0.3 is 4.74 Å². The van der Waals surface area contributed by atoms with E-state index < -0.39 is 0 Å². The molecule has 0 aromatic heterocycles. The lowest BCUT2D eigenvalue weighted by Gasteiger charge is -2.17. The summed E-state index contributed by atoms with van der Waals surface area (Å²) in [4.78, 5) is 0. The third kappa shape index (κ3) is 3.30. The number of hydrogen-bond acceptors (Lipinski definition) is 1. The molecule has 0 aliphatic rings. The van der Waals surface area contributed by atoms with Crippen molar-refractivity contribution >= 4 is 26.7 Å².